The van der Waals surface area contributed by atoms with Crippen molar-refractivity contribution in [1.29, 1.82) is 0 Å². The lowest BCUT2D eigenvalue weighted by molar-refractivity contribution is -0.155. The van der Waals surface area contributed by atoms with Gasteiger partial charge in [-0.3, -0.25) is 0 Å². The molecule has 1 aliphatic carbocycles. The summed E-state index contributed by atoms with van der Waals surface area (Å²) in [6, 6.07) is 0. The molecule has 1 aliphatic heterocycles. The van der Waals surface area contributed by atoms with Gasteiger partial charge in [0.15, 0.2) is 0 Å². The van der Waals surface area contributed by atoms with E-state index in [0.717, 1.165) is 11.8 Å². The Morgan fingerprint density at radius 3 is 2.67 bits per heavy atom. The van der Waals surface area contributed by atoms with E-state index >= 15 is 0 Å². The first kappa shape index (κ1) is 11.4. The molecule has 0 aromatic heterocycles. The molecule has 4 atom stereocenters. The Morgan fingerprint density at radius 2 is 2.00 bits per heavy atom. The highest BCUT2D eigenvalue weighted by atomic mass is 16.5. The lowest BCUT2D eigenvalue weighted by Gasteiger charge is -2.47. The van der Waals surface area contributed by atoms with Crippen LogP contribution in [0.2, 0.25) is 0 Å². The maximum absolute atomic E-state index is 6.26. The molecule has 2 N–H and O–H groups in total. The molecule has 2 heteroatoms. The summed E-state index contributed by atoms with van der Waals surface area (Å²) >= 11 is 0. The van der Waals surface area contributed by atoms with Gasteiger partial charge in [-0.2, -0.15) is 0 Å². The molecule has 1 heterocycles. The summed E-state index contributed by atoms with van der Waals surface area (Å²) in [5, 5.41) is 0. The Bertz CT molecular complexity index is 213. The van der Waals surface area contributed by atoms with Gasteiger partial charge in [0, 0.05) is 6.54 Å². The summed E-state index contributed by atoms with van der Waals surface area (Å²) in [5.41, 5.74) is 5.93. The normalized spacial score (nSPS) is 47.0. The molecule has 1 saturated heterocycles. The van der Waals surface area contributed by atoms with Crippen LogP contribution in [0.3, 0.4) is 0 Å². The molecular formula is C13H25NO. The molecule has 1 spiro atoms. The monoisotopic (exact) mass is 211 g/mol. The van der Waals surface area contributed by atoms with Crippen molar-refractivity contribution in [1.82, 2.24) is 0 Å². The standard InChI is InChI=1S/C13H25NO/c1-10-5-7-13(8-11(10)2)6-3-4-12(9-14)15-13/h10-12H,3-9,14H2,1-2H3. The molecule has 2 fully saturated rings. The molecule has 0 aromatic carbocycles. The lowest BCUT2D eigenvalue weighted by Crippen LogP contribution is -2.47. The smallest absolute Gasteiger partial charge is 0.0704 e. The topological polar surface area (TPSA) is 35.2 Å². The van der Waals surface area contributed by atoms with Crippen molar-refractivity contribution in [3.05, 3.63) is 0 Å². The van der Waals surface area contributed by atoms with Gasteiger partial charge in [0.25, 0.3) is 0 Å². The van der Waals surface area contributed by atoms with Crippen molar-refractivity contribution in [3.63, 3.8) is 0 Å². The minimum absolute atomic E-state index is 0.203. The maximum atomic E-state index is 6.26. The molecule has 2 rings (SSSR count). The number of nitrogens with two attached hydrogens (primary N) is 1. The minimum Gasteiger partial charge on any atom is -0.370 e. The summed E-state index contributed by atoms with van der Waals surface area (Å²) in [6.45, 7) is 5.45. The fraction of sp³-hybridized carbons (Fsp3) is 1.00. The first-order chi connectivity index (χ1) is 7.15. The highest BCUT2D eigenvalue weighted by Gasteiger charge is 2.41. The number of hydrogen-bond acceptors (Lipinski definition) is 2. The number of hydrogen-bond donors (Lipinski definition) is 1. The second kappa shape index (κ2) is 4.42. The van der Waals surface area contributed by atoms with Crippen molar-refractivity contribution >= 4 is 0 Å². The SMILES string of the molecule is CC1CCC2(CCCC(CN)O2)CC1C. The average molecular weight is 211 g/mol. The van der Waals surface area contributed by atoms with Crippen molar-refractivity contribution in [3.8, 4) is 0 Å². The molecule has 2 nitrogen and oxygen atoms in total. The van der Waals surface area contributed by atoms with Gasteiger partial charge in [-0.05, 0) is 50.4 Å². The van der Waals surface area contributed by atoms with E-state index in [0.29, 0.717) is 12.6 Å². The second-order valence-electron chi connectivity index (χ2n) is 5.75. The zero-order chi connectivity index (χ0) is 10.9. The van der Waals surface area contributed by atoms with Crippen LogP contribution in [-0.2, 0) is 4.74 Å². The van der Waals surface area contributed by atoms with Gasteiger partial charge >= 0.3 is 0 Å². The van der Waals surface area contributed by atoms with Crippen molar-refractivity contribution in [2.45, 2.75) is 64.1 Å². The Hall–Kier alpha value is -0.0800. The van der Waals surface area contributed by atoms with Crippen LogP contribution >= 0.6 is 0 Å². The molecule has 2 aliphatic rings. The molecule has 0 aromatic rings. The van der Waals surface area contributed by atoms with Crippen LogP contribution in [0, 0.1) is 11.8 Å². The van der Waals surface area contributed by atoms with E-state index in [2.05, 4.69) is 13.8 Å². The average Bonchev–Trinajstić information content (AvgIpc) is 2.24. The predicted molar refractivity (Wildman–Crippen MR) is 62.7 cm³/mol. The summed E-state index contributed by atoms with van der Waals surface area (Å²) in [7, 11) is 0. The quantitative estimate of drug-likeness (QED) is 0.724. The van der Waals surface area contributed by atoms with E-state index in [-0.39, 0.29) is 5.60 Å². The Kier molecular flexibility index (Phi) is 3.36. The molecule has 0 radical (unpaired) electrons. The van der Waals surface area contributed by atoms with Crippen molar-refractivity contribution in [2.75, 3.05) is 6.54 Å². The van der Waals surface area contributed by atoms with E-state index in [1.54, 1.807) is 0 Å². The zero-order valence-corrected chi connectivity index (χ0v) is 10.2. The first-order valence-electron chi connectivity index (χ1n) is 6.53. The summed E-state index contributed by atoms with van der Waals surface area (Å²) in [5.74, 6) is 1.69. The fourth-order valence-electron chi connectivity index (χ4n) is 3.29. The third-order valence-electron chi connectivity index (χ3n) is 4.56. The van der Waals surface area contributed by atoms with E-state index in [1.807, 2.05) is 0 Å². The van der Waals surface area contributed by atoms with Crippen LogP contribution in [0.5, 0.6) is 0 Å². The Labute approximate surface area is 93.6 Å². The van der Waals surface area contributed by atoms with Crippen LogP contribution in [-0.4, -0.2) is 18.2 Å². The minimum atomic E-state index is 0.203. The molecule has 4 unspecified atom stereocenters. The van der Waals surface area contributed by atoms with Crippen LogP contribution in [0.1, 0.15) is 52.4 Å². The van der Waals surface area contributed by atoms with E-state index < -0.39 is 0 Å². The highest BCUT2D eigenvalue weighted by Crippen LogP contribution is 2.44. The summed E-state index contributed by atoms with van der Waals surface area (Å²) in [6.07, 6.45) is 7.92. The summed E-state index contributed by atoms with van der Waals surface area (Å²) in [4.78, 5) is 0. The van der Waals surface area contributed by atoms with Gasteiger partial charge in [0.1, 0.15) is 0 Å². The van der Waals surface area contributed by atoms with Gasteiger partial charge in [-0.15, -0.1) is 0 Å². The van der Waals surface area contributed by atoms with Gasteiger partial charge < -0.3 is 10.5 Å². The number of rotatable bonds is 1. The highest BCUT2D eigenvalue weighted by molar-refractivity contribution is 4.92. The largest absolute Gasteiger partial charge is 0.370 e. The van der Waals surface area contributed by atoms with E-state index in [9.17, 15) is 0 Å². The lowest BCUT2D eigenvalue weighted by atomic mass is 9.70. The zero-order valence-electron chi connectivity index (χ0n) is 10.2. The van der Waals surface area contributed by atoms with E-state index in [4.69, 9.17) is 10.5 Å². The number of ether oxygens (including phenoxy) is 1. The van der Waals surface area contributed by atoms with Gasteiger partial charge in [0.05, 0.1) is 11.7 Å². The van der Waals surface area contributed by atoms with Gasteiger partial charge in [-0.25, -0.2) is 0 Å². The molecular weight excluding hydrogens is 186 g/mol. The molecule has 88 valence electrons. The van der Waals surface area contributed by atoms with Crippen LogP contribution < -0.4 is 5.73 Å². The van der Waals surface area contributed by atoms with Gasteiger partial charge in [-0.1, -0.05) is 13.8 Å². The van der Waals surface area contributed by atoms with Crippen LogP contribution in [0.15, 0.2) is 0 Å². The van der Waals surface area contributed by atoms with E-state index in [1.165, 1.54) is 38.5 Å². The second-order valence-corrected chi connectivity index (χ2v) is 5.75. The third kappa shape index (κ3) is 2.36. The van der Waals surface area contributed by atoms with Crippen molar-refractivity contribution < 1.29 is 4.74 Å². The molecule has 1 saturated carbocycles. The molecule has 0 bridgehead atoms. The van der Waals surface area contributed by atoms with Gasteiger partial charge in [0.2, 0.25) is 0 Å². The van der Waals surface area contributed by atoms with Crippen LogP contribution in [0.4, 0.5) is 0 Å². The predicted octanol–water partition coefficient (Wildman–Crippen LogP) is 2.71. The fourth-order valence-corrected chi connectivity index (χ4v) is 3.29. The molecule has 15 heavy (non-hydrogen) atoms. The van der Waals surface area contributed by atoms with Crippen LogP contribution in [0.25, 0.3) is 0 Å². The Morgan fingerprint density at radius 1 is 1.20 bits per heavy atom. The maximum Gasteiger partial charge on any atom is 0.0704 e. The first-order valence-corrected chi connectivity index (χ1v) is 6.53. The third-order valence-corrected chi connectivity index (χ3v) is 4.56. The Balaban J connectivity index is 2.00. The van der Waals surface area contributed by atoms with Crippen molar-refractivity contribution in [2.24, 2.45) is 17.6 Å². The summed E-state index contributed by atoms with van der Waals surface area (Å²) < 4.78 is 6.26. The molecule has 0 amide bonds.